The molecule has 0 spiro atoms. The third kappa shape index (κ3) is 62.3. The Kier molecular flexibility index (Phi) is 60.4. The van der Waals surface area contributed by atoms with Crippen LogP contribution in [0.5, 0.6) is 0 Å². The predicted molar refractivity (Wildman–Crippen MR) is 334 cm³/mol. The third-order valence-electron chi connectivity index (χ3n) is 13.1. The fourth-order valence-electron chi connectivity index (χ4n) is 8.43. The van der Waals surface area contributed by atoms with Gasteiger partial charge in [0.2, 0.25) is 0 Å². The first-order valence-electron chi connectivity index (χ1n) is 31.7. The Bertz CT molecular complexity index is 1650. The molecule has 0 rings (SSSR count). The average molecular weight is 1070 g/mol. The van der Waals surface area contributed by atoms with Crippen LogP contribution in [0.2, 0.25) is 0 Å². The molecule has 0 bridgehead atoms. The van der Waals surface area contributed by atoms with E-state index in [1.165, 1.54) is 83.5 Å². The third-order valence-corrected chi connectivity index (χ3v) is 13.1. The number of carbonyl (C=O) groups is 3. The standard InChI is InChI=1S/C71H116O6/c1-4-7-10-13-16-19-22-25-27-28-29-30-31-32-33-34-35-36-37-38-39-40-41-42-44-46-49-52-55-58-61-64-70(73)76-67-68(66-75-69(72)63-60-57-54-51-48-45-24-21-18-15-12-9-6-3)77-71(74)65-62-59-56-53-50-47-43-26-23-20-17-14-11-8-5-2/h7-8,10-11,16-17,19-21,24-27,29-30,32-33,35-36,38-39,43,68H,4-6,9,12-15,18,22-23,28,31,34,37,40-42,44-67H2,1-3H3/b10-7-,11-8-,19-16-,20-17-,24-21-,27-25-,30-29-,33-32-,36-35-,39-38-,43-26-. The number of hydrogen-bond acceptors (Lipinski definition) is 6. The molecule has 77 heavy (non-hydrogen) atoms. The normalized spacial score (nSPS) is 13.0. The van der Waals surface area contributed by atoms with Crippen molar-refractivity contribution in [2.24, 2.45) is 0 Å². The topological polar surface area (TPSA) is 78.9 Å². The highest BCUT2D eigenvalue weighted by Gasteiger charge is 2.19. The zero-order valence-electron chi connectivity index (χ0n) is 49.9. The maximum absolute atomic E-state index is 12.9. The molecule has 436 valence electrons. The molecule has 6 heteroatoms. The molecule has 0 radical (unpaired) electrons. The molecule has 0 heterocycles. The quantitative estimate of drug-likeness (QED) is 0.0261. The lowest BCUT2D eigenvalue weighted by molar-refractivity contribution is -0.167. The summed E-state index contributed by atoms with van der Waals surface area (Å²) in [7, 11) is 0. The zero-order chi connectivity index (χ0) is 55.7. The number of allylic oxidation sites excluding steroid dienone is 22. The Morgan fingerprint density at radius 1 is 0.273 bits per heavy atom. The summed E-state index contributed by atoms with van der Waals surface area (Å²) in [5.74, 6) is -0.924. The largest absolute Gasteiger partial charge is 0.462 e. The summed E-state index contributed by atoms with van der Waals surface area (Å²) in [6.45, 7) is 6.37. The van der Waals surface area contributed by atoms with Crippen LogP contribution in [-0.4, -0.2) is 37.2 Å². The van der Waals surface area contributed by atoms with Crippen molar-refractivity contribution in [3.05, 3.63) is 134 Å². The number of rotatable bonds is 56. The molecule has 0 fully saturated rings. The van der Waals surface area contributed by atoms with E-state index in [1.54, 1.807) is 0 Å². The van der Waals surface area contributed by atoms with Crippen molar-refractivity contribution in [1.29, 1.82) is 0 Å². The summed E-state index contributed by atoms with van der Waals surface area (Å²) >= 11 is 0. The van der Waals surface area contributed by atoms with E-state index < -0.39 is 6.10 Å². The zero-order valence-corrected chi connectivity index (χ0v) is 49.9. The van der Waals surface area contributed by atoms with Crippen LogP contribution in [0, 0.1) is 0 Å². The molecule has 0 aromatic carbocycles. The smallest absolute Gasteiger partial charge is 0.306 e. The second-order valence-electron chi connectivity index (χ2n) is 20.5. The summed E-state index contributed by atoms with van der Waals surface area (Å²) in [5.41, 5.74) is 0. The van der Waals surface area contributed by atoms with Gasteiger partial charge in [0.15, 0.2) is 6.10 Å². The van der Waals surface area contributed by atoms with Gasteiger partial charge in [-0.3, -0.25) is 14.4 Å². The second-order valence-corrected chi connectivity index (χ2v) is 20.5. The number of ether oxygens (including phenoxy) is 3. The van der Waals surface area contributed by atoms with Crippen molar-refractivity contribution in [3.63, 3.8) is 0 Å². The van der Waals surface area contributed by atoms with Crippen LogP contribution in [0.3, 0.4) is 0 Å². The molecule has 1 atom stereocenters. The summed E-state index contributed by atoms with van der Waals surface area (Å²) in [5, 5.41) is 0. The number of carbonyl (C=O) groups excluding carboxylic acids is 3. The van der Waals surface area contributed by atoms with Gasteiger partial charge in [0.1, 0.15) is 13.2 Å². The highest BCUT2D eigenvalue weighted by Crippen LogP contribution is 2.15. The van der Waals surface area contributed by atoms with Gasteiger partial charge in [0, 0.05) is 19.3 Å². The number of hydrogen-bond donors (Lipinski definition) is 0. The molecule has 6 nitrogen and oxygen atoms in total. The van der Waals surface area contributed by atoms with Gasteiger partial charge >= 0.3 is 17.9 Å². The van der Waals surface area contributed by atoms with Crippen LogP contribution in [0.1, 0.15) is 278 Å². The Hall–Kier alpha value is -4.45. The molecule has 0 aromatic heterocycles. The molecule has 0 saturated carbocycles. The van der Waals surface area contributed by atoms with Crippen LogP contribution >= 0.6 is 0 Å². The molecule has 0 saturated heterocycles. The second kappa shape index (κ2) is 64.1. The van der Waals surface area contributed by atoms with E-state index in [0.717, 1.165) is 154 Å². The number of esters is 3. The summed E-state index contributed by atoms with van der Waals surface area (Å²) < 4.78 is 16.9. The Labute approximate surface area is 475 Å². The lowest BCUT2D eigenvalue weighted by atomic mass is 10.1. The van der Waals surface area contributed by atoms with E-state index in [-0.39, 0.29) is 31.1 Å². The Balaban J connectivity index is 4.30. The van der Waals surface area contributed by atoms with Crippen molar-refractivity contribution < 1.29 is 28.6 Å². The molecule has 0 N–H and O–H groups in total. The van der Waals surface area contributed by atoms with Gasteiger partial charge in [-0.2, -0.15) is 0 Å². The SMILES string of the molecule is CC/C=C\C/C=C\C/C=C\C/C=C\C/C=C\C/C=C\C/C=C\CCCCCCCCCCCC(=O)OCC(COC(=O)CCCCCCC/C=C\CCCCCC)OC(=O)CCCCCCC/C=C\C/C=C\C/C=C\CC. The maximum Gasteiger partial charge on any atom is 0.306 e. The minimum Gasteiger partial charge on any atom is -0.462 e. The first-order valence-corrected chi connectivity index (χ1v) is 31.7. The van der Waals surface area contributed by atoms with Crippen molar-refractivity contribution >= 4 is 17.9 Å². The molecular formula is C71H116O6. The van der Waals surface area contributed by atoms with Crippen molar-refractivity contribution in [2.45, 2.75) is 284 Å². The van der Waals surface area contributed by atoms with E-state index in [4.69, 9.17) is 14.2 Å². The van der Waals surface area contributed by atoms with E-state index in [9.17, 15) is 14.4 Å². The molecule has 0 aliphatic rings. The monoisotopic (exact) mass is 1060 g/mol. The number of unbranched alkanes of at least 4 members (excludes halogenated alkanes) is 23. The minimum atomic E-state index is -0.797. The fourth-order valence-corrected chi connectivity index (χ4v) is 8.43. The molecule has 1 unspecified atom stereocenters. The van der Waals surface area contributed by atoms with Gasteiger partial charge in [0.05, 0.1) is 0 Å². The molecule has 0 aliphatic carbocycles. The highest BCUT2D eigenvalue weighted by atomic mass is 16.6. The van der Waals surface area contributed by atoms with Gasteiger partial charge in [-0.25, -0.2) is 0 Å². The average Bonchev–Trinajstić information content (AvgIpc) is 3.43. The van der Waals surface area contributed by atoms with E-state index in [0.29, 0.717) is 19.3 Å². The summed E-state index contributed by atoms with van der Waals surface area (Å²) in [6, 6.07) is 0. The van der Waals surface area contributed by atoms with Crippen LogP contribution in [0.4, 0.5) is 0 Å². The van der Waals surface area contributed by atoms with Crippen molar-refractivity contribution in [1.82, 2.24) is 0 Å². The van der Waals surface area contributed by atoms with Crippen LogP contribution in [0.25, 0.3) is 0 Å². The summed E-state index contributed by atoms with van der Waals surface area (Å²) in [6.07, 6.45) is 90.3. The molecule has 0 amide bonds. The van der Waals surface area contributed by atoms with Crippen molar-refractivity contribution in [2.75, 3.05) is 13.2 Å². The van der Waals surface area contributed by atoms with Gasteiger partial charge in [-0.1, -0.05) is 257 Å². The van der Waals surface area contributed by atoms with Crippen molar-refractivity contribution in [3.8, 4) is 0 Å². The fraction of sp³-hybridized carbons (Fsp3) is 0.648. The first-order chi connectivity index (χ1) is 38.0. The lowest BCUT2D eigenvalue weighted by Gasteiger charge is -2.18. The Morgan fingerprint density at radius 2 is 0.506 bits per heavy atom. The van der Waals surface area contributed by atoms with E-state index in [2.05, 4.69) is 154 Å². The van der Waals surface area contributed by atoms with Gasteiger partial charge in [-0.05, 0) is 135 Å². The van der Waals surface area contributed by atoms with Crippen LogP contribution in [-0.2, 0) is 28.6 Å². The molecular weight excluding hydrogens is 949 g/mol. The van der Waals surface area contributed by atoms with E-state index >= 15 is 0 Å². The first kappa shape index (κ1) is 72.5. The van der Waals surface area contributed by atoms with Gasteiger partial charge in [0.25, 0.3) is 0 Å². The van der Waals surface area contributed by atoms with Crippen LogP contribution < -0.4 is 0 Å². The highest BCUT2D eigenvalue weighted by molar-refractivity contribution is 5.71. The van der Waals surface area contributed by atoms with E-state index in [1.807, 2.05) is 0 Å². The van der Waals surface area contributed by atoms with Gasteiger partial charge in [-0.15, -0.1) is 0 Å². The Morgan fingerprint density at radius 3 is 0.805 bits per heavy atom. The molecule has 0 aliphatic heterocycles. The van der Waals surface area contributed by atoms with Crippen LogP contribution in [0.15, 0.2) is 134 Å². The minimum absolute atomic E-state index is 0.0936. The summed E-state index contributed by atoms with van der Waals surface area (Å²) in [4.78, 5) is 38.2. The maximum atomic E-state index is 12.9. The molecule has 0 aromatic rings. The predicted octanol–water partition coefficient (Wildman–Crippen LogP) is 21.8. The lowest BCUT2D eigenvalue weighted by Crippen LogP contribution is -2.30. The van der Waals surface area contributed by atoms with Gasteiger partial charge < -0.3 is 14.2 Å².